The third kappa shape index (κ3) is 7.31. The van der Waals surface area contributed by atoms with Crippen LogP contribution in [0.2, 0.25) is 0 Å². The number of unbranched alkanes of at least 4 members (excludes halogenated alkanes) is 1. The molecule has 0 spiro atoms. The standard InChI is InChI=1S/C14H30N2O2/c1-3-16(13-14-7-6-11-18-14)10-5-4-8-15-9-12-17-2/h14-15H,3-13H2,1-2H3. The Labute approximate surface area is 112 Å². The van der Waals surface area contributed by atoms with Crippen LogP contribution in [0.1, 0.15) is 32.6 Å². The van der Waals surface area contributed by atoms with Crippen molar-refractivity contribution < 1.29 is 9.47 Å². The highest BCUT2D eigenvalue weighted by molar-refractivity contribution is 4.70. The number of hydrogen-bond acceptors (Lipinski definition) is 4. The summed E-state index contributed by atoms with van der Waals surface area (Å²) in [5.74, 6) is 0. The second-order valence-electron chi connectivity index (χ2n) is 4.98. The van der Waals surface area contributed by atoms with Gasteiger partial charge in [0.1, 0.15) is 0 Å². The smallest absolute Gasteiger partial charge is 0.0702 e. The first-order valence-corrected chi connectivity index (χ1v) is 7.40. The van der Waals surface area contributed by atoms with Crippen molar-refractivity contribution in [2.24, 2.45) is 0 Å². The van der Waals surface area contributed by atoms with E-state index in [0.29, 0.717) is 6.10 Å². The molecule has 0 bridgehead atoms. The fraction of sp³-hybridized carbons (Fsp3) is 1.00. The lowest BCUT2D eigenvalue weighted by atomic mass is 10.2. The van der Waals surface area contributed by atoms with Gasteiger partial charge in [-0.05, 0) is 45.3 Å². The van der Waals surface area contributed by atoms with Gasteiger partial charge >= 0.3 is 0 Å². The molecule has 0 aliphatic carbocycles. The number of hydrogen-bond donors (Lipinski definition) is 1. The van der Waals surface area contributed by atoms with Crippen LogP contribution in [-0.4, -0.2) is 64.1 Å². The van der Waals surface area contributed by atoms with E-state index < -0.39 is 0 Å². The van der Waals surface area contributed by atoms with Crippen molar-refractivity contribution in [1.29, 1.82) is 0 Å². The van der Waals surface area contributed by atoms with Crippen LogP contribution >= 0.6 is 0 Å². The predicted octanol–water partition coefficient (Wildman–Crippen LogP) is 1.50. The summed E-state index contributed by atoms with van der Waals surface area (Å²) >= 11 is 0. The van der Waals surface area contributed by atoms with Crippen LogP contribution in [0.15, 0.2) is 0 Å². The van der Waals surface area contributed by atoms with Gasteiger partial charge in [0.15, 0.2) is 0 Å². The lowest BCUT2D eigenvalue weighted by molar-refractivity contribution is 0.0743. The largest absolute Gasteiger partial charge is 0.383 e. The molecule has 1 aliphatic rings. The molecular formula is C14H30N2O2. The minimum atomic E-state index is 0.491. The number of likely N-dealkylation sites (N-methyl/N-ethyl adjacent to an activating group) is 1. The minimum absolute atomic E-state index is 0.491. The Morgan fingerprint density at radius 3 is 2.89 bits per heavy atom. The summed E-state index contributed by atoms with van der Waals surface area (Å²) in [7, 11) is 1.74. The Kier molecular flexibility index (Phi) is 9.48. The summed E-state index contributed by atoms with van der Waals surface area (Å²) in [6.45, 7) is 9.52. The lowest BCUT2D eigenvalue weighted by Crippen LogP contribution is -2.33. The van der Waals surface area contributed by atoms with Crippen molar-refractivity contribution in [3.05, 3.63) is 0 Å². The summed E-state index contributed by atoms with van der Waals surface area (Å²) in [5.41, 5.74) is 0. The fourth-order valence-electron chi connectivity index (χ4n) is 2.34. The minimum Gasteiger partial charge on any atom is -0.383 e. The number of nitrogens with one attached hydrogen (secondary N) is 1. The molecule has 0 saturated carbocycles. The summed E-state index contributed by atoms with van der Waals surface area (Å²) in [4.78, 5) is 2.52. The second kappa shape index (κ2) is 10.7. The quantitative estimate of drug-likeness (QED) is 0.570. The molecule has 18 heavy (non-hydrogen) atoms. The van der Waals surface area contributed by atoms with E-state index in [9.17, 15) is 0 Å². The molecule has 0 aromatic heterocycles. The van der Waals surface area contributed by atoms with Crippen molar-refractivity contribution >= 4 is 0 Å². The highest BCUT2D eigenvalue weighted by Gasteiger charge is 2.17. The van der Waals surface area contributed by atoms with Crippen molar-refractivity contribution in [3.63, 3.8) is 0 Å². The summed E-state index contributed by atoms with van der Waals surface area (Å²) in [5, 5.41) is 3.38. The number of methoxy groups -OCH3 is 1. The highest BCUT2D eigenvalue weighted by atomic mass is 16.5. The maximum Gasteiger partial charge on any atom is 0.0702 e. The molecule has 1 aliphatic heterocycles. The maximum absolute atomic E-state index is 5.69. The van der Waals surface area contributed by atoms with Gasteiger partial charge in [-0.3, -0.25) is 0 Å². The normalized spacial score (nSPS) is 19.8. The molecule has 4 nitrogen and oxygen atoms in total. The van der Waals surface area contributed by atoms with E-state index in [1.807, 2.05) is 0 Å². The van der Waals surface area contributed by atoms with Gasteiger partial charge in [-0.2, -0.15) is 0 Å². The first-order chi connectivity index (χ1) is 8.86. The zero-order valence-electron chi connectivity index (χ0n) is 12.1. The lowest BCUT2D eigenvalue weighted by Gasteiger charge is -2.23. The number of ether oxygens (including phenoxy) is 2. The van der Waals surface area contributed by atoms with Crippen molar-refractivity contribution in [2.45, 2.75) is 38.7 Å². The average Bonchev–Trinajstić information content (AvgIpc) is 2.89. The van der Waals surface area contributed by atoms with Crippen molar-refractivity contribution in [1.82, 2.24) is 10.2 Å². The summed E-state index contributed by atoms with van der Waals surface area (Å²) in [6, 6.07) is 0. The van der Waals surface area contributed by atoms with Crippen molar-refractivity contribution in [2.75, 3.05) is 53.0 Å². The summed E-state index contributed by atoms with van der Waals surface area (Å²) in [6.07, 6.45) is 5.48. The van der Waals surface area contributed by atoms with E-state index in [4.69, 9.17) is 9.47 Å². The van der Waals surface area contributed by atoms with Crippen molar-refractivity contribution in [3.8, 4) is 0 Å². The van der Waals surface area contributed by atoms with Crippen LogP contribution in [0, 0.1) is 0 Å². The van der Waals surface area contributed by atoms with E-state index in [-0.39, 0.29) is 0 Å². The van der Waals surface area contributed by atoms with E-state index in [2.05, 4.69) is 17.1 Å². The van der Waals surface area contributed by atoms with Crippen LogP contribution in [0.5, 0.6) is 0 Å². The molecule has 0 amide bonds. The van der Waals surface area contributed by atoms with Gasteiger partial charge in [0.25, 0.3) is 0 Å². The van der Waals surface area contributed by atoms with Crippen LogP contribution in [0.3, 0.4) is 0 Å². The molecule has 0 aromatic carbocycles. The van der Waals surface area contributed by atoms with Gasteiger partial charge in [-0.1, -0.05) is 6.92 Å². The SMILES string of the molecule is CCN(CCCCNCCOC)CC1CCCO1. The van der Waals surface area contributed by atoms with E-state index in [0.717, 1.165) is 39.4 Å². The molecule has 1 rings (SSSR count). The van der Waals surface area contributed by atoms with Gasteiger partial charge in [-0.25, -0.2) is 0 Å². The van der Waals surface area contributed by atoms with Crippen LogP contribution in [-0.2, 0) is 9.47 Å². The van der Waals surface area contributed by atoms with Gasteiger partial charge in [0, 0.05) is 26.8 Å². The molecule has 108 valence electrons. The van der Waals surface area contributed by atoms with Gasteiger partial charge < -0.3 is 19.7 Å². The van der Waals surface area contributed by atoms with Crippen LogP contribution in [0.25, 0.3) is 0 Å². The molecule has 1 fully saturated rings. The molecule has 1 heterocycles. The summed E-state index contributed by atoms with van der Waals surface area (Å²) < 4.78 is 10.7. The topological polar surface area (TPSA) is 33.7 Å². The Bertz CT molecular complexity index is 185. The number of nitrogens with zero attached hydrogens (tertiary/aromatic N) is 1. The first-order valence-electron chi connectivity index (χ1n) is 7.40. The molecule has 0 radical (unpaired) electrons. The predicted molar refractivity (Wildman–Crippen MR) is 75.1 cm³/mol. The highest BCUT2D eigenvalue weighted by Crippen LogP contribution is 2.13. The Morgan fingerprint density at radius 1 is 1.33 bits per heavy atom. The van der Waals surface area contributed by atoms with E-state index >= 15 is 0 Å². The number of rotatable bonds is 11. The first kappa shape index (κ1) is 15.9. The van der Waals surface area contributed by atoms with E-state index in [1.54, 1.807) is 7.11 Å². The monoisotopic (exact) mass is 258 g/mol. The second-order valence-corrected chi connectivity index (χ2v) is 4.98. The fourth-order valence-corrected chi connectivity index (χ4v) is 2.34. The van der Waals surface area contributed by atoms with Gasteiger partial charge in [0.05, 0.1) is 12.7 Å². The average molecular weight is 258 g/mol. The molecule has 1 atom stereocenters. The Morgan fingerprint density at radius 2 is 2.22 bits per heavy atom. The van der Waals surface area contributed by atoms with Gasteiger partial charge in [-0.15, -0.1) is 0 Å². The Hall–Kier alpha value is -0.160. The molecular weight excluding hydrogens is 228 g/mol. The van der Waals surface area contributed by atoms with Crippen LogP contribution in [0.4, 0.5) is 0 Å². The molecule has 0 aromatic rings. The molecule has 1 N–H and O–H groups in total. The molecule has 4 heteroatoms. The third-order valence-corrected chi connectivity index (χ3v) is 3.49. The zero-order valence-corrected chi connectivity index (χ0v) is 12.1. The maximum atomic E-state index is 5.69. The van der Waals surface area contributed by atoms with Gasteiger partial charge in [0.2, 0.25) is 0 Å². The van der Waals surface area contributed by atoms with E-state index in [1.165, 1.54) is 32.2 Å². The third-order valence-electron chi connectivity index (χ3n) is 3.49. The molecule has 1 saturated heterocycles. The zero-order chi connectivity index (χ0) is 13.1. The van der Waals surface area contributed by atoms with Crippen LogP contribution < -0.4 is 5.32 Å². The Balaban J connectivity index is 1.94. The molecule has 1 unspecified atom stereocenters.